The predicted molar refractivity (Wildman–Crippen MR) is 380 cm³/mol. The largest absolute Gasteiger partial charge is 0.497 e. The number of carbonyl (C=O) groups is 1. The SMILES string of the molecule is COc1ccc(C(OC[C@@H](CO)OCCn2cc(C)c(=O)n(C(=O)c3ccccc3)c2=O)(c2ccccc2)c2ccc(OC)cc2)cc1.COc1ccc(C(OC[C@@H](CO[Si](c2ccccc2)(c2ccccc2)C(C)(C)C)OCCO)(c2ccccc2)c2ccc(OC)cc2)cc1. The summed E-state index contributed by atoms with van der Waals surface area (Å²) in [6.45, 7) is 8.44. The van der Waals surface area contributed by atoms with E-state index in [0.29, 0.717) is 16.1 Å². The molecule has 0 saturated heterocycles. The van der Waals surface area contributed by atoms with Gasteiger partial charge >= 0.3 is 5.69 Å². The van der Waals surface area contributed by atoms with E-state index in [-0.39, 0.29) is 69.0 Å². The summed E-state index contributed by atoms with van der Waals surface area (Å²) in [7, 11) is 3.67. The van der Waals surface area contributed by atoms with Crippen LogP contribution in [0, 0.1) is 6.92 Å². The van der Waals surface area contributed by atoms with Gasteiger partial charge in [0, 0.05) is 17.3 Å². The summed E-state index contributed by atoms with van der Waals surface area (Å²) in [5, 5.41) is 22.4. The van der Waals surface area contributed by atoms with Crippen molar-refractivity contribution in [3.63, 3.8) is 0 Å². The van der Waals surface area contributed by atoms with E-state index in [0.717, 1.165) is 44.9 Å². The van der Waals surface area contributed by atoms with Crippen LogP contribution >= 0.6 is 0 Å². The van der Waals surface area contributed by atoms with E-state index in [2.05, 4.69) is 81.4 Å². The van der Waals surface area contributed by atoms with E-state index in [4.69, 9.17) is 42.3 Å². The lowest BCUT2D eigenvalue weighted by molar-refractivity contribution is -0.0835. The molecule has 17 heteroatoms. The molecule has 10 aromatic rings. The molecule has 2 atom stereocenters. The number of aromatic nitrogens is 2. The maximum atomic E-state index is 13.3. The summed E-state index contributed by atoms with van der Waals surface area (Å²) in [5.74, 6) is 2.18. The Hall–Kier alpha value is -9.53. The summed E-state index contributed by atoms with van der Waals surface area (Å²) in [4.78, 5) is 39.2. The van der Waals surface area contributed by atoms with Crippen LogP contribution in [-0.4, -0.2) is 120 Å². The number of carbonyl (C=O) groups excluding carboxylic acids is 1. The summed E-state index contributed by atoms with van der Waals surface area (Å²) >= 11 is 0. The molecule has 0 aliphatic rings. The van der Waals surface area contributed by atoms with Gasteiger partial charge in [-0.1, -0.05) is 209 Å². The van der Waals surface area contributed by atoms with Crippen molar-refractivity contribution in [2.45, 2.75) is 62.7 Å². The third kappa shape index (κ3) is 16.5. The quantitative estimate of drug-likeness (QED) is 0.0320. The van der Waals surface area contributed by atoms with Gasteiger partial charge in [0.1, 0.15) is 46.4 Å². The Morgan fingerprint density at radius 2 is 0.804 bits per heavy atom. The second-order valence-corrected chi connectivity index (χ2v) is 28.4. The second kappa shape index (κ2) is 33.9. The van der Waals surface area contributed by atoms with Gasteiger partial charge in [0.05, 0.1) is 81.2 Å². The van der Waals surface area contributed by atoms with Gasteiger partial charge in [-0.2, -0.15) is 4.57 Å². The molecule has 0 unspecified atom stereocenters. The van der Waals surface area contributed by atoms with Crippen molar-refractivity contribution in [1.29, 1.82) is 0 Å². The molecular formula is C80H86N2O14Si. The van der Waals surface area contributed by atoms with Crippen LogP contribution in [0.5, 0.6) is 23.0 Å². The standard InChI is InChI=1S/C42H48O6Si.C38H38N2O8/c1-41(2,3)49(39-17-11-7-12-18-39,40-19-13-8-14-20-40)48-32-38(46-30-29-43)31-47-42(33-15-9-6-10-16-33,34-21-25-36(44-4)26-22-34)35-23-27-37(45-5)28-24-35;1-27-24-39(37(44)40(35(27)42)36(43)28-10-6-4-7-11-28)22-23-47-34(25-41)26-48-38(29-12-8-5-9-13-29,30-14-18-32(45-2)19-15-30)31-16-20-33(46-3)21-17-31/h6-28,38,43H,29-32H2,1-5H3;4-21,24,34,41H,22-23,25-26H2,1-3H3/t38-;34-/m01/s1. The molecule has 1 heterocycles. The van der Waals surface area contributed by atoms with Crippen molar-refractivity contribution in [3.8, 4) is 23.0 Å². The molecule has 97 heavy (non-hydrogen) atoms. The van der Waals surface area contributed by atoms with Gasteiger partial charge in [0.2, 0.25) is 0 Å². The van der Waals surface area contributed by atoms with Crippen molar-refractivity contribution >= 4 is 24.6 Å². The fourth-order valence-corrected chi connectivity index (χ4v) is 16.8. The van der Waals surface area contributed by atoms with Crippen LogP contribution in [0.4, 0.5) is 0 Å². The van der Waals surface area contributed by atoms with Crippen LogP contribution in [0.15, 0.2) is 265 Å². The zero-order valence-corrected chi connectivity index (χ0v) is 57.2. The number of hydrogen-bond acceptors (Lipinski definition) is 14. The van der Waals surface area contributed by atoms with Crippen molar-refractivity contribution in [2.75, 3.05) is 74.7 Å². The van der Waals surface area contributed by atoms with Gasteiger partial charge in [-0.15, -0.1) is 0 Å². The number of aliphatic hydroxyl groups is 2. The van der Waals surface area contributed by atoms with Crippen molar-refractivity contribution in [2.24, 2.45) is 0 Å². The lowest BCUT2D eigenvalue weighted by atomic mass is 9.80. The Bertz CT molecular complexity index is 4020. The van der Waals surface area contributed by atoms with Gasteiger partial charge in [0.25, 0.3) is 19.8 Å². The van der Waals surface area contributed by atoms with Gasteiger partial charge in [-0.3, -0.25) is 14.2 Å². The van der Waals surface area contributed by atoms with E-state index < -0.39 is 48.9 Å². The van der Waals surface area contributed by atoms with E-state index in [1.807, 2.05) is 158 Å². The predicted octanol–water partition coefficient (Wildman–Crippen LogP) is 11.4. The van der Waals surface area contributed by atoms with Gasteiger partial charge in [-0.25, -0.2) is 4.79 Å². The summed E-state index contributed by atoms with van der Waals surface area (Å²) < 4.78 is 57.4. The molecule has 1 aromatic heterocycles. The Labute approximate surface area is 568 Å². The van der Waals surface area contributed by atoms with Crippen LogP contribution in [-0.2, 0) is 41.1 Å². The molecule has 2 N–H and O–H groups in total. The van der Waals surface area contributed by atoms with E-state index in [1.165, 1.54) is 21.1 Å². The first kappa shape index (κ1) is 71.8. The molecule has 16 nitrogen and oxygen atoms in total. The van der Waals surface area contributed by atoms with Gasteiger partial charge in [0.15, 0.2) is 0 Å². The highest BCUT2D eigenvalue weighted by Crippen LogP contribution is 2.44. The lowest BCUT2D eigenvalue weighted by Gasteiger charge is -2.44. The molecular weight excluding hydrogens is 1240 g/mol. The van der Waals surface area contributed by atoms with E-state index >= 15 is 0 Å². The molecule has 0 bridgehead atoms. The number of ether oxygens (including phenoxy) is 8. The van der Waals surface area contributed by atoms with E-state index in [1.54, 1.807) is 65.7 Å². The molecule has 0 radical (unpaired) electrons. The Balaban J connectivity index is 0.000000227. The summed E-state index contributed by atoms with van der Waals surface area (Å²) in [6, 6.07) is 80.4. The first-order valence-corrected chi connectivity index (χ1v) is 34.1. The Morgan fingerprint density at radius 1 is 0.454 bits per heavy atom. The maximum absolute atomic E-state index is 13.3. The molecule has 0 aliphatic heterocycles. The average molecular weight is 1330 g/mol. The zero-order chi connectivity index (χ0) is 68.8. The third-order valence-corrected chi connectivity index (χ3v) is 22.1. The third-order valence-electron chi connectivity index (χ3n) is 17.1. The zero-order valence-electron chi connectivity index (χ0n) is 56.2. The smallest absolute Gasteiger partial charge is 0.338 e. The van der Waals surface area contributed by atoms with Gasteiger partial charge in [-0.05, 0) is 116 Å². The monoisotopic (exact) mass is 1330 g/mol. The number of methoxy groups -OCH3 is 4. The Morgan fingerprint density at radius 3 is 1.16 bits per heavy atom. The van der Waals surface area contributed by atoms with Crippen LogP contribution in [0.1, 0.15) is 70.1 Å². The molecule has 0 aliphatic carbocycles. The van der Waals surface area contributed by atoms with Crippen molar-refractivity contribution in [1.82, 2.24) is 9.13 Å². The minimum Gasteiger partial charge on any atom is -0.497 e. The minimum atomic E-state index is -2.86. The lowest BCUT2D eigenvalue weighted by Crippen LogP contribution is -2.67. The van der Waals surface area contributed by atoms with Crippen molar-refractivity contribution in [3.05, 3.63) is 320 Å². The maximum Gasteiger partial charge on any atom is 0.338 e. The van der Waals surface area contributed by atoms with Crippen LogP contribution < -0.4 is 40.6 Å². The van der Waals surface area contributed by atoms with Crippen LogP contribution in [0.25, 0.3) is 0 Å². The van der Waals surface area contributed by atoms with Crippen LogP contribution in [0.3, 0.4) is 0 Å². The number of aliphatic hydroxyl groups excluding tert-OH is 2. The average Bonchev–Trinajstić information content (AvgIpc) is 0.783. The minimum absolute atomic E-state index is 0.00489. The molecule has 0 saturated carbocycles. The van der Waals surface area contributed by atoms with Crippen LogP contribution in [0.2, 0.25) is 5.04 Å². The molecule has 9 aromatic carbocycles. The highest BCUT2D eigenvalue weighted by molar-refractivity contribution is 6.99. The molecule has 0 amide bonds. The molecule has 10 rings (SSSR count). The second-order valence-electron chi connectivity index (χ2n) is 24.1. The number of aryl methyl sites for hydroxylation is 1. The molecule has 504 valence electrons. The topological polar surface area (TPSA) is 185 Å². The fraction of sp³-hybridized carbons (Fsp3) is 0.263. The van der Waals surface area contributed by atoms with E-state index in [9.17, 15) is 24.6 Å². The highest BCUT2D eigenvalue weighted by atomic mass is 28.4. The fourth-order valence-electron chi connectivity index (χ4n) is 12.2. The number of rotatable bonds is 30. The first-order valence-electron chi connectivity index (χ1n) is 32.2. The molecule has 0 fully saturated rings. The normalized spacial score (nSPS) is 12.4. The van der Waals surface area contributed by atoms with Crippen molar-refractivity contribution < 1.29 is 57.3 Å². The first-order chi connectivity index (χ1) is 47.1. The summed E-state index contributed by atoms with van der Waals surface area (Å²) in [6.07, 6.45) is 0.132. The highest BCUT2D eigenvalue weighted by Gasteiger charge is 2.51. The number of benzene rings is 9. The molecule has 0 spiro atoms. The summed E-state index contributed by atoms with van der Waals surface area (Å²) in [5.41, 5.74) is 2.18. The van der Waals surface area contributed by atoms with Gasteiger partial charge < -0.3 is 52.5 Å². The Kier molecular flexibility index (Phi) is 25.1. The number of hydrogen-bond donors (Lipinski definition) is 2. The number of nitrogens with zero attached hydrogens (tertiary/aromatic N) is 2.